The monoisotopic (exact) mass is 463 g/mol. The third-order valence-electron chi connectivity index (χ3n) is 7.01. The van der Waals surface area contributed by atoms with Gasteiger partial charge < -0.3 is 10.1 Å². The van der Waals surface area contributed by atoms with E-state index in [1.54, 1.807) is 18.3 Å². The van der Waals surface area contributed by atoms with Crippen LogP contribution in [-0.4, -0.2) is 51.8 Å². The quantitative estimate of drug-likeness (QED) is 0.618. The Morgan fingerprint density at radius 1 is 1.24 bits per heavy atom. The first-order valence-corrected chi connectivity index (χ1v) is 10.9. The van der Waals surface area contributed by atoms with Gasteiger partial charge >= 0.3 is 6.09 Å². The van der Waals surface area contributed by atoms with Gasteiger partial charge in [0.2, 0.25) is 0 Å². The van der Waals surface area contributed by atoms with Crippen molar-refractivity contribution in [2.45, 2.75) is 18.1 Å². The zero-order valence-corrected chi connectivity index (χ0v) is 17.9. The van der Waals surface area contributed by atoms with Crippen LogP contribution in [-0.2, 0) is 16.7 Å². The van der Waals surface area contributed by atoms with Gasteiger partial charge in [0, 0.05) is 42.9 Å². The number of piperidine rings is 1. The number of carbonyl (C=O) groups is 1. The molecule has 4 heterocycles. The number of hydrogen-bond acceptors (Lipinski definition) is 7. The molecule has 2 aliphatic heterocycles. The first-order valence-electron chi connectivity index (χ1n) is 10.9. The number of nitrogens with one attached hydrogen (secondary N) is 1. The summed E-state index contributed by atoms with van der Waals surface area (Å²) in [5.74, 6) is -1.20. The fraction of sp³-hybridized carbons (Fsp3) is 0.348. The topological polar surface area (TPSA) is 109 Å². The molecule has 172 valence electrons. The molecule has 3 aliphatic rings. The fourth-order valence-electron chi connectivity index (χ4n) is 5.29. The van der Waals surface area contributed by atoms with E-state index in [1.807, 2.05) is 0 Å². The Balaban J connectivity index is 1.24. The Bertz CT molecular complexity index is 1270. The Hall–Kier alpha value is -3.91. The van der Waals surface area contributed by atoms with E-state index in [9.17, 15) is 10.1 Å². The van der Waals surface area contributed by atoms with E-state index in [-0.39, 0.29) is 41.7 Å². The molecule has 1 unspecified atom stereocenters. The number of nitrogens with zero attached hydrogens (tertiary/aromatic N) is 6. The summed E-state index contributed by atoms with van der Waals surface area (Å²) in [6.45, 7) is 1.95. The van der Waals surface area contributed by atoms with Gasteiger partial charge in [-0.2, -0.15) is 5.26 Å². The Morgan fingerprint density at radius 3 is 2.62 bits per heavy atom. The maximum Gasteiger partial charge on any atom is 0.414 e. The summed E-state index contributed by atoms with van der Waals surface area (Å²) in [6, 6.07) is 7.89. The van der Waals surface area contributed by atoms with Gasteiger partial charge in [-0.1, -0.05) is 11.3 Å². The van der Waals surface area contributed by atoms with Crippen molar-refractivity contribution in [2.24, 2.45) is 11.8 Å². The Morgan fingerprint density at radius 2 is 2.00 bits per heavy atom. The van der Waals surface area contributed by atoms with E-state index in [0.29, 0.717) is 5.69 Å². The second kappa shape index (κ2) is 7.56. The summed E-state index contributed by atoms with van der Waals surface area (Å²) in [7, 11) is 0. The summed E-state index contributed by atoms with van der Waals surface area (Å²) in [6.07, 6.45) is 3.33. The van der Waals surface area contributed by atoms with Gasteiger partial charge in [0.05, 0.1) is 42.3 Å². The zero-order chi connectivity index (χ0) is 23.4. The molecule has 1 amide bonds. The number of anilines is 1. The molecular weight excluding hydrogens is 444 g/mol. The zero-order valence-electron chi connectivity index (χ0n) is 17.9. The Kier molecular flexibility index (Phi) is 4.60. The van der Waals surface area contributed by atoms with Crippen molar-refractivity contribution in [3.8, 4) is 17.2 Å². The predicted molar refractivity (Wildman–Crippen MR) is 114 cm³/mol. The maximum atomic E-state index is 15.1. The minimum Gasteiger partial charge on any atom is -0.442 e. The van der Waals surface area contributed by atoms with Crippen LogP contribution in [0, 0.1) is 34.8 Å². The summed E-state index contributed by atoms with van der Waals surface area (Å²) in [5, 5.41) is 20.5. The van der Waals surface area contributed by atoms with Crippen molar-refractivity contribution in [2.75, 3.05) is 24.5 Å². The van der Waals surface area contributed by atoms with E-state index >= 15 is 8.78 Å². The summed E-state index contributed by atoms with van der Waals surface area (Å²) >= 11 is 0. The lowest BCUT2D eigenvalue weighted by molar-refractivity contribution is 0.129. The van der Waals surface area contributed by atoms with Gasteiger partial charge in [-0.05, 0) is 18.2 Å². The number of halogens is 2. The number of ether oxygens (including phenoxy) is 1. The summed E-state index contributed by atoms with van der Waals surface area (Å²) < 4.78 is 36.9. The molecule has 34 heavy (non-hydrogen) atoms. The normalized spacial score (nSPS) is 27.4. The van der Waals surface area contributed by atoms with Crippen LogP contribution in [0.1, 0.15) is 5.69 Å². The molecule has 11 heteroatoms. The number of benzene rings is 1. The second-order valence-electron chi connectivity index (χ2n) is 8.81. The van der Waals surface area contributed by atoms with Crippen molar-refractivity contribution in [3.63, 3.8) is 0 Å². The molecule has 0 spiro atoms. The largest absolute Gasteiger partial charge is 0.442 e. The lowest BCUT2D eigenvalue weighted by Gasteiger charge is -2.16. The fourth-order valence-corrected chi connectivity index (χ4v) is 5.29. The van der Waals surface area contributed by atoms with Gasteiger partial charge in [0.25, 0.3) is 0 Å². The van der Waals surface area contributed by atoms with Crippen LogP contribution >= 0.6 is 0 Å². The highest BCUT2D eigenvalue weighted by molar-refractivity contribution is 5.90. The number of rotatable bonds is 5. The van der Waals surface area contributed by atoms with Crippen LogP contribution in [0.3, 0.4) is 0 Å². The molecule has 0 radical (unpaired) electrons. The number of fused-ring (bicyclic) bond motifs is 1. The molecule has 1 saturated carbocycles. The Labute approximate surface area is 193 Å². The molecule has 1 aliphatic carbocycles. The van der Waals surface area contributed by atoms with E-state index < -0.39 is 29.2 Å². The van der Waals surface area contributed by atoms with Crippen molar-refractivity contribution in [1.29, 1.82) is 5.26 Å². The molecule has 1 N–H and O–H groups in total. The highest BCUT2D eigenvalue weighted by Gasteiger charge is 2.69. The number of pyridine rings is 1. The van der Waals surface area contributed by atoms with E-state index in [2.05, 4.69) is 26.7 Å². The van der Waals surface area contributed by atoms with Crippen LogP contribution in [0.2, 0.25) is 0 Å². The molecular formula is C23H19F2N7O2. The minimum absolute atomic E-state index is 0.0659. The third kappa shape index (κ3) is 3.06. The van der Waals surface area contributed by atoms with Crippen LogP contribution in [0.25, 0.3) is 11.1 Å². The standard InChI is InChI=1S/C23H19F2N7O2/c24-18-5-14(32-11-15(34-22(32)33)10-31-4-3-29-30-31)6-19(25)21(18)13-1-2-20(28-7-13)23(12-26)16-8-27-9-17(16)23/h1-7,15-17,27H,8-11H2/t15-,16-,17+,23?/m0/s1. The predicted octanol–water partition coefficient (Wildman–Crippen LogP) is 2.25. The van der Waals surface area contributed by atoms with Crippen molar-refractivity contribution >= 4 is 11.8 Å². The third-order valence-corrected chi connectivity index (χ3v) is 7.01. The van der Waals surface area contributed by atoms with Gasteiger partial charge in [-0.3, -0.25) is 9.88 Å². The molecule has 0 bridgehead atoms. The number of hydrogen-bond donors (Lipinski definition) is 1. The maximum absolute atomic E-state index is 15.1. The lowest BCUT2D eigenvalue weighted by atomic mass is 9.95. The van der Waals surface area contributed by atoms with Crippen molar-refractivity contribution < 1.29 is 18.3 Å². The molecule has 3 fully saturated rings. The first kappa shape index (κ1) is 20.7. The van der Waals surface area contributed by atoms with Gasteiger partial charge in [0.15, 0.2) is 0 Å². The number of carbonyl (C=O) groups excluding carboxylic acids is 1. The van der Waals surface area contributed by atoms with Crippen LogP contribution < -0.4 is 10.2 Å². The molecule has 1 aromatic carbocycles. The first-order chi connectivity index (χ1) is 16.5. The minimum atomic E-state index is -0.820. The molecule has 6 rings (SSSR count). The van der Waals surface area contributed by atoms with E-state index in [4.69, 9.17) is 4.74 Å². The number of nitriles is 1. The van der Waals surface area contributed by atoms with Crippen molar-refractivity contribution in [3.05, 3.63) is 60.2 Å². The number of aromatic nitrogens is 4. The van der Waals surface area contributed by atoms with Gasteiger partial charge in [0.1, 0.15) is 23.2 Å². The lowest BCUT2D eigenvalue weighted by Crippen LogP contribution is -2.26. The average Bonchev–Trinajstić information content (AvgIpc) is 3.34. The number of cyclic esters (lactones) is 1. The van der Waals surface area contributed by atoms with Crippen LogP contribution in [0.4, 0.5) is 19.3 Å². The highest BCUT2D eigenvalue weighted by atomic mass is 19.1. The van der Waals surface area contributed by atoms with E-state index in [1.165, 1.54) is 22.0 Å². The smallest absolute Gasteiger partial charge is 0.414 e. The SMILES string of the molecule is N#CC1(c2ccc(-c3c(F)cc(N4C[C@H](Cn5ccnn5)OC4=O)cc3F)cn2)[C@@H]2CNC[C@@H]21. The van der Waals surface area contributed by atoms with Gasteiger partial charge in [-0.25, -0.2) is 18.3 Å². The molecule has 4 atom stereocenters. The van der Waals surface area contributed by atoms with E-state index in [0.717, 1.165) is 25.2 Å². The highest BCUT2D eigenvalue weighted by Crippen LogP contribution is 2.60. The molecule has 2 aromatic heterocycles. The average molecular weight is 463 g/mol. The van der Waals surface area contributed by atoms with Crippen molar-refractivity contribution in [1.82, 2.24) is 25.3 Å². The molecule has 2 saturated heterocycles. The number of amides is 1. The van der Waals surface area contributed by atoms with Gasteiger partial charge in [-0.15, -0.1) is 5.10 Å². The molecule has 9 nitrogen and oxygen atoms in total. The second-order valence-corrected chi connectivity index (χ2v) is 8.81. The van der Waals surface area contributed by atoms with Crippen LogP contribution in [0.5, 0.6) is 0 Å². The summed E-state index contributed by atoms with van der Waals surface area (Å²) in [5.41, 5.74) is 0.0968. The summed E-state index contributed by atoms with van der Waals surface area (Å²) in [4.78, 5) is 17.9. The van der Waals surface area contributed by atoms with Crippen LogP contribution in [0.15, 0.2) is 42.9 Å². The molecule has 3 aromatic rings.